The number of nitrogens with one attached hydrogen (secondary N) is 1. The second-order valence-electron chi connectivity index (χ2n) is 5.29. The Morgan fingerprint density at radius 1 is 1.37 bits per heavy atom. The van der Waals surface area contributed by atoms with Gasteiger partial charge in [0.15, 0.2) is 5.65 Å². The lowest BCUT2D eigenvalue weighted by Crippen LogP contribution is -2.06. The Labute approximate surface area is 121 Å². The topological polar surface area (TPSA) is 42.2 Å². The summed E-state index contributed by atoms with van der Waals surface area (Å²) >= 11 is 3.45. The standard InChI is InChI=1S/C14H19BrN4/c15-12-10-17-19-9-7-13(18-14(12)19)16-8-3-6-11-4-1-2-5-11/h7,9-11H,1-6,8H2,(H,16,18). The molecular formula is C14H19BrN4. The molecule has 0 aromatic carbocycles. The summed E-state index contributed by atoms with van der Waals surface area (Å²) in [5, 5.41) is 7.59. The van der Waals surface area contributed by atoms with Crippen molar-refractivity contribution in [2.24, 2.45) is 5.92 Å². The smallest absolute Gasteiger partial charge is 0.171 e. The summed E-state index contributed by atoms with van der Waals surface area (Å²) in [7, 11) is 0. The third-order valence-electron chi connectivity index (χ3n) is 3.90. The van der Waals surface area contributed by atoms with E-state index in [4.69, 9.17) is 0 Å². The fraction of sp³-hybridized carbons (Fsp3) is 0.571. The zero-order valence-electron chi connectivity index (χ0n) is 11.0. The van der Waals surface area contributed by atoms with Crippen LogP contribution in [0.15, 0.2) is 22.9 Å². The molecule has 2 heterocycles. The minimum Gasteiger partial charge on any atom is -0.370 e. The van der Waals surface area contributed by atoms with E-state index in [2.05, 4.69) is 31.3 Å². The van der Waals surface area contributed by atoms with Crippen molar-refractivity contribution in [2.75, 3.05) is 11.9 Å². The molecule has 0 saturated heterocycles. The van der Waals surface area contributed by atoms with Crippen LogP contribution in [0.2, 0.25) is 0 Å². The summed E-state index contributed by atoms with van der Waals surface area (Å²) in [6.45, 7) is 1.01. The molecule has 1 N–H and O–H groups in total. The van der Waals surface area contributed by atoms with Crippen molar-refractivity contribution in [3.8, 4) is 0 Å². The molecule has 1 aliphatic carbocycles. The predicted octanol–water partition coefficient (Wildman–Crippen LogP) is 3.87. The largest absolute Gasteiger partial charge is 0.370 e. The Morgan fingerprint density at radius 2 is 2.21 bits per heavy atom. The Kier molecular flexibility index (Phi) is 4.01. The van der Waals surface area contributed by atoms with Gasteiger partial charge in [0.1, 0.15) is 5.82 Å². The number of aromatic nitrogens is 3. The average molecular weight is 323 g/mol. The van der Waals surface area contributed by atoms with Crippen LogP contribution in [0.1, 0.15) is 38.5 Å². The SMILES string of the molecule is Brc1cnn2ccc(NCCCC3CCCC3)nc12. The van der Waals surface area contributed by atoms with E-state index in [-0.39, 0.29) is 0 Å². The summed E-state index contributed by atoms with van der Waals surface area (Å²) in [5.41, 5.74) is 0.862. The van der Waals surface area contributed by atoms with Gasteiger partial charge in [-0.05, 0) is 40.8 Å². The Balaban J connectivity index is 1.51. The predicted molar refractivity (Wildman–Crippen MR) is 80.4 cm³/mol. The Hall–Kier alpha value is -1.10. The van der Waals surface area contributed by atoms with Crippen LogP contribution in [0, 0.1) is 5.92 Å². The Bertz CT molecular complexity index is 545. The molecule has 4 nitrogen and oxygen atoms in total. The van der Waals surface area contributed by atoms with E-state index in [1.807, 2.05) is 12.3 Å². The highest BCUT2D eigenvalue weighted by molar-refractivity contribution is 9.10. The third-order valence-corrected chi connectivity index (χ3v) is 4.46. The maximum atomic E-state index is 4.55. The maximum Gasteiger partial charge on any atom is 0.171 e. The van der Waals surface area contributed by atoms with E-state index in [0.717, 1.165) is 28.4 Å². The summed E-state index contributed by atoms with van der Waals surface area (Å²) in [5.74, 6) is 1.90. The lowest BCUT2D eigenvalue weighted by molar-refractivity contribution is 0.491. The molecule has 0 radical (unpaired) electrons. The van der Waals surface area contributed by atoms with E-state index in [9.17, 15) is 0 Å². The second-order valence-corrected chi connectivity index (χ2v) is 6.15. The third kappa shape index (κ3) is 3.08. The molecule has 2 aromatic rings. The molecule has 1 aliphatic rings. The van der Waals surface area contributed by atoms with E-state index >= 15 is 0 Å². The first-order chi connectivity index (χ1) is 9.33. The summed E-state index contributed by atoms with van der Waals surface area (Å²) < 4.78 is 2.70. The van der Waals surface area contributed by atoms with Crippen LogP contribution in [-0.4, -0.2) is 21.1 Å². The van der Waals surface area contributed by atoms with Gasteiger partial charge in [0.2, 0.25) is 0 Å². The number of fused-ring (bicyclic) bond motifs is 1. The highest BCUT2D eigenvalue weighted by atomic mass is 79.9. The molecule has 19 heavy (non-hydrogen) atoms. The highest BCUT2D eigenvalue weighted by Crippen LogP contribution is 2.28. The fourth-order valence-corrected chi connectivity index (χ4v) is 3.21. The van der Waals surface area contributed by atoms with Gasteiger partial charge in [-0.1, -0.05) is 25.7 Å². The van der Waals surface area contributed by atoms with Gasteiger partial charge in [-0.3, -0.25) is 0 Å². The van der Waals surface area contributed by atoms with Crippen LogP contribution in [0.5, 0.6) is 0 Å². The lowest BCUT2D eigenvalue weighted by atomic mass is 10.0. The van der Waals surface area contributed by atoms with Crippen LogP contribution >= 0.6 is 15.9 Å². The van der Waals surface area contributed by atoms with Crippen molar-refractivity contribution >= 4 is 27.4 Å². The first-order valence-corrected chi connectivity index (χ1v) is 7.86. The van der Waals surface area contributed by atoms with Crippen LogP contribution < -0.4 is 5.32 Å². The summed E-state index contributed by atoms with van der Waals surface area (Å²) in [6, 6.07) is 1.97. The van der Waals surface area contributed by atoms with E-state index in [1.165, 1.54) is 38.5 Å². The van der Waals surface area contributed by atoms with Crippen molar-refractivity contribution in [1.29, 1.82) is 0 Å². The molecule has 0 atom stereocenters. The molecule has 102 valence electrons. The lowest BCUT2D eigenvalue weighted by Gasteiger charge is -2.09. The first-order valence-electron chi connectivity index (χ1n) is 7.07. The first kappa shape index (κ1) is 12.9. The Morgan fingerprint density at radius 3 is 3.05 bits per heavy atom. The minimum absolute atomic E-state index is 0.862. The van der Waals surface area contributed by atoms with Gasteiger partial charge in [-0.2, -0.15) is 5.10 Å². The normalized spacial score (nSPS) is 16.3. The van der Waals surface area contributed by atoms with E-state index < -0.39 is 0 Å². The molecule has 0 aliphatic heterocycles. The number of hydrogen-bond donors (Lipinski definition) is 1. The van der Waals surface area contributed by atoms with Crippen molar-refractivity contribution in [2.45, 2.75) is 38.5 Å². The summed E-state index contributed by atoms with van der Waals surface area (Å²) in [4.78, 5) is 4.55. The minimum atomic E-state index is 0.862. The van der Waals surface area contributed by atoms with Crippen molar-refractivity contribution < 1.29 is 0 Å². The van der Waals surface area contributed by atoms with Gasteiger partial charge in [0.25, 0.3) is 0 Å². The van der Waals surface area contributed by atoms with Gasteiger partial charge in [-0.15, -0.1) is 0 Å². The number of nitrogens with zero attached hydrogens (tertiary/aromatic N) is 3. The van der Waals surface area contributed by atoms with Crippen LogP contribution in [-0.2, 0) is 0 Å². The molecule has 0 unspecified atom stereocenters. The monoisotopic (exact) mass is 322 g/mol. The molecule has 1 fully saturated rings. The highest BCUT2D eigenvalue weighted by Gasteiger charge is 2.13. The molecule has 0 amide bonds. The number of rotatable bonds is 5. The quantitative estimate of drug-likeness (QED) is 0.849. The van der Waals surface area contributed by atoms with Gasteiger partial charge in [0.05, 0.1) is 10.7 Å². The van der Waals surface area contributed by atoms with Crippen LogP contribution in [0.3, 0.4) is 0 Å². The van der Waals surface area contributed by atoms with Crippen molar-refractivity contribution in [3.63, 3.8) is 0 Å². The summed E-state index contributed by atoms with van der Waals surface area (Å²) in [6.07, 6.45) is 12.0. The zero-order chi connectivity index (χ0) is 13.1. The van der Waals surface area contributed by atoms with Crippen molar-refractivity contribution in [1.82, 2.24) is 14.6 Å². The average Bonchev–Trinajstić information content (AvgIpc) is 3.06. The molecular weight excluding hydrogens is 304 g/mol. The number of anilines is 1. The van der Waals surface area contributed by atoms with Gasteiger partial charge in [0, 0.05) is 12.7 Å². The molecule has 1 saturated carbocycles. The van der Waals surface area contributed by atoms with E-state index in [1.54, 1.807) is 10.7 Å². The molecule has 0 bridgehead atoms. The molecule has 2 aromatic heterocycles. The second kappa shape index (κ2) is 5.90. The van der Waals surface area contributed by atoms with Gasteiger partial charge >= 0.3 is 0 Å². The van der Waals surface area contributed by atoms with Crippen molar-refractivity contribution in [3.05, 3.63) is 22.9 Å². The zero-order valence-corrected chi connectivity index (χ0v) is 12.6. The fourth-order valence-electron chi connectivity index (χ4n) is 2.85. The van der Waals surface area contributed by atoms with Gasteiger partial charge < -0.3 is 5.32 Å². The number of halogens is 1. The van der Waals surface area contributed by atoms with Gasteiger partial charge in [-0.25, -0.2) is 9.50 Å². The van der Waals surface area contributed by atoms with Crippen LogP contribution in [0.4, 0.5) is 5.82 Å². The van der Waals surface area contributed by atoms with E-state index in [0.29, 0.717) is 0 Å². The molecule has 5 heteroatoms. The number of hydrogen-bond acceptors (Lipinski definition) is 3. The molecule has 3 rings (SSSR count). The van der Waals surface area contributed by atoms with Crippen LogP contribution in [0.25, 0.3) is 5.65 Å². The maximum absolute atomic E-state index is 4.55. The molecule has 0 spiro atoms.